The van der Waals surface area contributed by atoms with Crippen molar-refractivity contribution in [3.63, 3.8) is 0 Å². The third-order valence-electron chi connectivity index (χ3n) is 13.4. The number of nitrogens with zero attached hydrogens (tertiary/aromatic N) is 2. The Hall–Kier alpha value is -5.35. The maximum absolute atomic E-state index is 8.20. The van der Waals surface area contributed by atoms with Crippen molar-refractivity contribution >= 4 is 74.5 Å². The Bertz CT molecular complexity index is 2640. The van der Waals surface area contributed by atoms with E-state index in [-0.39, 0.29) is 21.7 Å². The largest absolute Gasteiger partial charge is 0.309 e. The van der Waals surface area contributed by atoms with Crippen LogP contribution in [0.1, 0.15) is 122 Å². The van der Waals surface area contributed by atoms with Crippen molar-refractivity contribution < 1.29 is 0 Å². The predicted molar refractivity (Wildman–Crippen MR) is 287 cm³/mol. The molecule has 1 aliphatic rings. The number of rotatable bonds is 4. The van der Waals surface area contributed by atoms with Crippen LogP contribution in [-0.2, 0) is 21.7 Å². The summed E-state index contributed by atoms with van der Waals surface area (Å²) in [5, 5.41) is 6.05. The van der Waals surface area contributed by atoms with E-state index in [1.54, 1.807) is 0 Å². The van der Waals surface area contributed by atoms with Gasteiger partial charge in [-0.3, -0.25) is 0 Å². The molecule has 0 spiro atoms. The van der Waals surface area contributed by atoms with E-state index in [4.69, 9.17) is 11.6 Å². The Morgan fingerprint density at radius 3 is 0.938 bits per heavy atom. The molecule has 7 aromatic carbocycles. The van der Waals surface area contributed by atoms with Crippen LogP contribution in [0.25, 0.3) is 0 Å². The van der Waals surface area contributed by atoms with Crippen molar-refractivity contribution in [1.29, 1.82) is 0 Å². The van der Waals surface area contributed by atoms with Gasteiger partial charge in [0, 0.05) is 22.7 Å². The monoisotopic (exact) mass is 892 g/mol. The number of aryl methyl sites for hydroxylation is 3. The second kappa shape index (κ2) is 16.5. The zero-order valence-electron chi connectivity index (χ0n) is 41.6. The lowest BCUT2D eigenvalue weighted by Crippen LogP contribution is -2.74. The minimum absolute atomic E-state index is 0.0925. The fourth-order valence-electron chi connectivity index (χ4n) is 9.72. The maximum atomic E-state index is 8.20. The molecule has 8 rings (SSSR count). The number of anilines is 6. The molecule has 0 atom stereocenters. The molecule has 6 bridgehead atoms. The lowest BCUT2D eigenvalue weighted by atomic mass is 9.80. The smallest absolute Gasteiger partial charge is 0.179 e. The molecule has 0 fully saturated rings. The summed E-state index contributed by atoms with van der Waals surface area (Å²) in [6.45, 7) is 34.6. The molecule has 2 nitrogen and oxygen atoms in total. The first-order valence-electron chi connectivity index (χ1n) is 23.4. The molecule has 0 amide bonds. The summed E-state index contributed by atoms with van der Waals surface area (Å²) in [4.78, 5) is 4.95. The third kappa shape index (κ3) is 8.75. The molecule has 0 aromatic heterocycles. The number of fused-ring (bicyclic) bond motifs is 6. The van der Waals surface area contributed by atoms with Gasteiger partial charge in [0.1, 0.15) is 0 Å². The highest BCUT2D eigenvalue weighted by molar-refractivity contribution is 7.20. The normalized spacial score (nSPS) is 14.2. The first-order valence-corrected chi connectivity index (χ1v) is 25.8. The molecule has 4 heteroatoms. The Morgan fingerprint density at radius 1 is 0.338 bits per heavy atom. The van der Waals surface area contributed by atoms with Crippen LogP contribution in [0.4, 0.5) is 34.1 Å². The molecule has 0 radical (unpaired) electrons. The minimum Gasteiger partial charge on any atom is -0.309 e. The Balaban J connectivity index is 1.63. The standard InChI is InChI=1S/C61H69ClN2Si/c1-40-26-47-38-53(28-40)65(51-22-18-16-19-23-51,52-24-20-17-21-25-52)54-29-41(2)27-48(39-54)64(50-36-45(60(10,11)12)33-46(37-50)61(13,14)15)56-31-42(3)30-55(57(56)62)63(47)49-34-43(58(4,5)6)32-44(35-49)59(7,8)9/h16-39H,1-15H3. The van der Waals surface area contributed by atoms with Crippen LogP contribution in [0.5, 0.6) is 0 Å². The molecule has 0 aliphatic carbocycles. The van der Waals surface area contributed by atoms with Crippen molar-refractivity contribution in [3.8, 4) is 0 Å². The Labute approximate surface area is 397 Å². The van der Waals surface area contributed by atoms with Crippen LogP contribution in [0.15, 0.2) is 146 Å². The van der Waals surface area contributed by atoms with E-state index in [1.165, 1.54) is 54.1 Å². The van der Waals surface area contributed by atoms with Crippen molar-refractivity contribution in [2.24, 2.45) is 0 Å². The van der Waals surface area contributed by atoms with Gasteiger partial charge < -0.3 is 9.80 Å². The lowest BCUT2D eigenvalue weighted by molar-refractivity contribution is 0.568. The van der Waals surface area contributed by atoms with Gasteiger partial charge in [-0.25, -0.2) is 0 Å². The quantitative estimate of drug-likeness (QED) is 0.162. The van der Waals surface area contributed by atoms with Crippen LogP contribution in [0.2, 0.25) is 5.02 Å². The summed E-state index contributed by atoms with van der Waals surface area (Å²) in [6.07, 6.45) is 0. The van der Waals surface area contributed by atoms with Gasteiger partial charge >= 0.3 is 0 Å². The topological polar surface area (TPSA) is 6.48 Å². The third-order valence-corrected chi connectivity index (χ3v) is 18.5. The number of hydrogen-bond acceptors (Lipinski definition) is 2. The highest BCUT2D eigenvalue weighted by Gasteiger charge is 2.43. The van der Waals surface area contributed by atoms with Gasteiger partial charge in [-0.15, -0.1) is 0 Å². The maximum Gasteiger partial charge on any atom is 0.179 e. The van der Waals surface area contributed by atoms with Gasteiger partial charge in [-0.2, -0.15) is 0 Å². The predicted octanol–water partition coefficient (Wildman–Crippen LogP) is 15.1. The first-order chi connectivity index (χ1) is 30.3. The van der Waals surface area contributed by atoms with E-state index in [9.17, 15) is 0 Å². The average molecular weight is 894 g/mol. The van der Waals surface area contributed by atoms with E-state index < -0.39 is 8.07 Å². The molecule has 1 aliphatic heterocycles. The summed E-state index contributed by atoms with van der Waals surface area (Å²) in [5.74, 6) is 0. The molecule has 0 saturated carbocycles. The van der Waals surface area contributed by atoms with Crippen molar-refractivity contribution in [1.82, 2.24) is 0 Å². The molecule has 7 aromatic rings. The van der Waals surface area contributed by atoms with Crippen LogP contribution in [-0.4, -0.2) is 8.07 Å². The molecule has 0 unspecified atom stereocenters. The van der Waals surface area contributed by atoms with Crippen LogP contribution in [0, 0.1) is 20.8 Å². The van der Waals surface area contributed by atoms with E-state index in [1.807, 2.05) is 0 Å². The molecular weight excluding hydrogens is 824 g/mol. The molecular formula is C61H69ClN2Si. The van der Waals surface area contributed by atoms with Gasteiger partial charge in [0.25, 0.3) is 0 Å². The van der Waals surface area contributed by atoms with Crippen molar-refractivity contribution in [3.05, 3.63) is 190 Å². The van der Waals surface area contributed by atoms with Crippen LogP contribution < -0.4 is 30.5 Å². The van der Waals surface area contributed by atoms with E-state index >= 15 is 0 Å². The summed E-state index contributed by atoms with van der Waals surface area (Å²) in [6, 6.07) is 56.4. The van der Waals surface area contributed by atoms with Gasteiger partial charge in [-0.05, 0) is 163 Å². The Morgan fingerprint density at radius 2 is 0.631 bits per heavy atom. The fraction of sp³-hybridized carbons (Fsp3) is 0.311. The summed E-state index contributed by atoms with van der Waals surface area (Å²) in [7, 11) is -3.08. The molecule has 334 valence electrons. The van der Waals surface area contributed by atoms with Gasteiger partial charge in [0.05, 0.1) is 16.4 Å². The highest BCUT2D eigenvalue weighted by atomic mass is 35.5. The van der Waals surface area contributed by atoms with Gasteiger partial charge in [-0.1, -0.05) is 180 Å². The van der Waals surface area contributed by atoms with E-state index in [0.717, 1.165) is 39.7 Å². The number of hydrogen-bond donors (Lipinski definition) is 0. The first kappa shape index (κ1) is 46.2. The van der Waals surface area contributed by atoms with Crippen LogP contribution >= 0.6 is 11.6 Å². The van der Waals surface area contributed by atoms with Gasteiger partial charge in [0.15, 0.2) is 8.07 Å². The van der Waals surface area contributed by atoms with E-state index in [0.29, 0.717) is 5.02 Å². The second-order valence-corrected chi connectivity index (χ2v) is 27.1. The summed E-state index contributed by atoms with van der Waals surface area (Å²) in [5.41, 5.74) is 14.7. The highest BCUT2D eigenvalue weighted by Crippen LogP contribution is 2.50. The fourth-order valence-corrected chi connectivity index (χ4v) is 15.0. The molecule has 1 heterocycles. The zero-order chi connectivity index (χ0) is 47.0. The van der Waals surface area contributed by atoms with Crippen LogP contribution in [0.3, 0.4) is 0 Å². The molecule has 0 N–H and O–H groups in total. The average Bonchev–Trinajstić information content (AvgIpc) is 3.22. The second-order valence-electron chi connectivity index (χ2n) is 22.9. The number of halogens is 1. The van der Waals surface area contributed by atoms with E-state index in [2.05, 4.69) is 259 Å². The zero-order valence-corrected chi connectivity index (χ0v) is 43.4. The Kier molecular flexibility index (Phi) is 11.7. The van der Waals surface area contributed by atoms with Crippen molar-refractivity contribution in [2.45, 2.75) is 126 Å². The van der Waals surface area contributed by atoms with Crippen molar-refractivity contribution in [2.75, 3.05) is 9.80 Å². The SMILES string of the molecule is Cc1cc2cc(c1)[Si](c1ccccc1)(c1ccccc1)c1cc(C)cc(c1)N(c1cc(C(C)(C)C)cc(C(C)(C)C)c1)c1cc(C)cc(c1Cl)N2c1cc(C(C)(C)C)cc(C(C)(C)C)c1. The lowest BCUT2D eigenvalue weighted by Gasteiger charge is -2.39. The number of benzene rings is 7. The molecule has 0 saturated heterocycles. The molecule has 65 heavy (non-hydrogen) atoms. The van der Waals surface area contributed by atoms with Gasteiger partial charge in [0.2, 0.25) is 0 Å². The summed E-state index contributed by atoms with van der Waals surface area (Å²) < 4.78 is 0. The minimum atomic E-state index is -3.08. The summed E-state index contributed by atoms with van der Waals surface area (Å²) >= 11 is 8.20.